The maximum atomic E-state index is 13.1. The van der Waals surface area contributed by atoms with Gasteiger partial charge in [-0.2, -0.15) is 0 Å². The minimum absolute atomic E-state index is 0.106. The SMILES string of the molecule is CCCCCCCCCCCCCCCCCCCCCCC(=O)O[C@H](COC(=O)CCCCCCCCCCCCCCCCC(C)CC)COP(=O)(O)OC[C@@H](O)COP(=O)(O)OC[C@@H](COC(=O)CCCCCCC)OC(=O)CCCCCCCCCCCCCCCC(C)C. The summed E-state index contributed by atoms with van der Waals surface area (Å²) in [5.74, 6) is -0.485. The Hall–Kier alpha value is -1.94. The predicted octanol–water partition coefficient (Wildman–Crippen LogP) is 23.9. The third-order valence-electron chi connectivity index (χ3n) is 19.1. The fraction of sp³-hybridized carbons (Fsp3) is 0.950. The summed E-state index contributed by atoms with van der Waals surface area (Å²) in [4.78, 5) is 72.7. The molecule has 0 amide bonds. The Morgan fingerprint density at radius 1 is 0.293 bits per heavy atom. The van der Waals surface area contributed by atoms with Crippen LogP contribution >= 0.6 is 15.6 Å². The molecule has 3 unspecified atom stereocenters. The standard InChI is InChI=1S/C80H156O17P2/c1-7-10-12-14-15-16-17-18-19-20-21-22-23-24-31-36-41-46-52-58-65-80(85)97-76(69-91-78(83)63-57-51-45-40-35-30-26-25-29-34-39-44-50-55-61-73(6)9-3)71-95-99(88,89)93-67-74(81)66-92-98(86,87)94-70-75(68-90-77(82)62-56-48-13-11-8-2)96-79(84)64-59-53-47-42-37-32-27-28-33-38-43-49-54-60-72(4)5/h72-76,81H,7-71H2,1-6H3,(H,86,87)(H,88,89)/t73?,74-,75+,76+/m0/s1. The van der Waals surface area contributed by atoms with Crippen LogP contribution in [-0.2, 0) is 65.4 Å². The van der Waals surface area contributed by atoms with Gasteiger partial charge in [0.15, 0.2) is 12.2 Å². The highest BCUT2D eigenvalue weighted by atomic mass is 31.2. The largest absolute Gasteiger partial charge is 0.472 e. The molecule has 0 fully saturated rings. The average Bonchev–Trinajstić information content (AvgIpc) is 0.999. The molecule has 0 aromatic rings. The molecule has 0 saturated carbocycles. The molecule has 0 aromatic carbocycles. The Kier molecular flexibility index (Phi) is 70.3. The molecule has 0 aliphatic carbocycles. The van der Waals surface area contributed by atoms with E-state index in [4.69, 9.17) is 37.0 Å². The first kappa shape index (κ1) is 97.1. The van der Waals surface area contributed by atoms with Crippen molar-refractivity contribution in [2.24, 2.45) is 11.8 Å². The van der Waals surface area contributed by atoms with Crippen LogP contribution in [0.15, 0.2) is 0 Å². The van der Waals surface area contributed by atoms with Crippen molar-refractivity contribution in [2.75, 3.05) is 39.6 Å². The third-order valence-corrected chi connectivity index (χ3v) is 21.0. The molecule has 0 aliphatic rings. The normalized spacial score (nSPS) is 14.2. The summed E-state index contributed by atoms with van der Waals surface area (Å²) in [5, 5.41) is 10.6. The molecule has 0 radical (unpaired) electrons. The van der Waals surface area contributed by atoms with E-state index < -0.39 is 97.5 Å². The Morgan fingerprint density at radius 3 is 0.768 bits per heavy atom. The zero-order chi connectivity index (χ0) is 72.8. The molecule has 99 heavy (non-hydrogen) atoms. The van der Waals surface area contributed by atoms with Crippen LogP contribution < -0.4 is 0 Å². The average molecular weight is 1450 g/mol. The van der Waals surface area contributed by atoms with Crippen molar-refractivity contribution in [2.45, 2.75) is 439 Å². The van der Waals surface area contributed by atoms with Crippen molar-refractivity contribution < 1.29 is 80.2 Å². The van der Waals surface area contributed by atoms with E-state index in [1.165, 1.54) is 231 Å². The van der Waals surface area contributed by atoms with E-state index in [0.717, 1.165) is 108 Å². The zero-order valence-corrected chi connectivity index (χ0v) is 66.6. The van der Waals surface area contributed by atoms with Gasteiger partial charge in [-0.3, -0.25) is 37.3 Å². The second-order valence-corrected chi connectivity index (χ2v) is 32.4. The highest BCUT2D eigenvalue weighted by Crippen LogP contribution is 2.45. The van der Waals surface area contributed by atoms with Crippen LogP contribution in [0.5, 0.6) is 0 Å². The second kappa shape index (κ2) is 71.7. The smallest absolute Gasteiger partial charge is 0.462 e. The Morgan fingerprint density at radius 2 is 0.515 bits per heavy atom. The summed E-state index contributed by atoms with van der Waals surface area (Å²) in [6.45, 7) is 9.61. The quantitative estimate of drug-likeness (QED) is 0.0222. The van der Waals surface area contributed by atoms with Crippen LogP contribution in [0.4, 0.5) is 0 Å². The van der Waals surface area contributed by atoms with Crippen molar-refractivity contribution in [1.29, 1.82) is 0 Å². The lowest BCUT2D eigenvalue weighted by Gasteiger charge is -2.21. The lowest BCUT2D eigenvalue weighted by atomic mass is 9.99. The van der Waals surface area contributed by atoms with Crippen molar-refractivity contribution in [3.05, 3.63) is 0 Å². The van der Waals surface area contributed by atoms with Gasteiger partial charge in [0.2, 0.25) is 0 Å². The molecule has 0 aliphatic heterocycles. The maximum absolute atomic E-state index is 13.1. The molecular weight excluding hydrogens is 1290 g/mol. The number of phosphoric acid groups is 2. The summed E-state index contributed by atoms with van der Waals surface area (Å²) in [7, 11) is -9.91. The van der Waals surface area contributed by atoms with Gasteiger partial charge in [-0.05, 0) is 37.5 Å². The van der Waals surface area contributed by atoms with E-state index in [1.807, 2.05) is 0 Å². The number of carbonyl (C=O) groups excluding carboxylic acids is 4. The highest BCUT2D eigenvalue weighted by Gasteiger charge is 2.30. The molecule has 17 nitrogen and oxygen atoms in total. The molecule has 0 aromatic heterocycles. The van der Waals surface area contributed by atoms with E-state index in [2.05, 4.69) is 41.5 Å². The summed E-state index contributed by atoms with van der Waals surface area (Å²) < 4.78 is 68.5. The minimum atomic E-state index is -4.96. The molecular formula is C80H156O17P2. The number of hydrogen-bond acceptors (Lipinski definition) is 15. The monoisotopic (exact) mass is 1450 g/mol. The fourth-order valence-corrected chi connectivity index (χ4v) is 13.9. The topological polar surface area (TPSA) is 237 Å². The maximum Gasteiger partial charge on any atom is 0.472 e. The number of carbonyl (C=O) groups is 4. The summed E-state index contributed by atoms with van der Waals surface area (Å²) in [6, 6.07) is 0. The van der Waals surface area contributed by atoms with Crippen LogP contribution in [0, 0.1) is 11.8 Å². The van der Waals surface area contributed by atoms with E-state index in [9.17, 15) is 43.2 Å². The number of phosphoric ester groups is 2. The zero-order valence-electron chi connectivity index (χ0n) is 64.8. The number of aliphatic hydroxyl groups is 1. The number of ether oxygens (including phenoxy) is 4. The highest BCUT2D eigenvalue weighted by molar-refractivity contribution is 7.47. The third kappa shape index (κ3) is 72.8. The van der Waals surface area contributed by atoms with Crippen molar-refractivity contribution >= 4 is 39.5 Å². The van der Waals surface area contributed by atoms with Gasteiger partial charge < -0.3 is 33.8 Å². The van der Waals surface area contributed by atoms with Crippen molar-refractivity contribution in [3.63, 3.8) is 0 Å². The van der Waals surface area contributed by atoms with Gasteiger partial charge >= 0.3 is 39.5 Å². The summed E-state index contributed by atoms with van der Waals surface area (Å²) in [6.07, 6.45) is 61.5. The molecule has 0 saturated heterocycles. The minimum Gasteiger partial charge on any atom is -0.462 e. The van der Waals surface area contributed by atoms with E-state index >= 15 is 0 Å². The number of aliphatic hydroxyl groups excluding tert-OH is 1. The number of rotatable bonds is 79. The Labute approximate surface area is 607 Å². The van der Waals surface area contributed by atoms with Crippen LogP contribution in [-0.4, -0.2) is 96.7 Å². The molecule has 0 heterocycles. The van der Waals surface area contributed by atoms with E-state index in [0.29, 0.717) is 25.7 Å². The molecule has 588 valence electrons. The van der Waals surface area contributed by atoms with Gasteiger partial charge in [-0.25, -0.2) is 9.13 Å². The van der Waals surface area contributed by atoms with Crippen LogP contribution in [0.25, 0.3) is 0 Å². The number of esters is 4. The summed E-state index contributed by atoms with van der Waals surface area (Å²) >= 11 is 0. The van der Waals surface area contributed by atoms with E-state index in [-0.39, 0.29) is 25.7 Å². The number of hydrogen-bond donors (Lipinski definition) is 3. The van der Waals surface area contributed by atoms with Crippen LogP contribution in [0.2, 0.25) is 0 Å². The second-order valence-electron chi connectivity index (χ2n) is 29.5. The molecule has 0 rings (SSSR count). The lowest BCUT2D eigenvalue weighted by Crippen LogP contribution is -2.30. The van der Waals surface area contributed by atoms with Gasteiger partial charge in [0.25, 0.3) is 0 Å². The predicted molar refractivity (Wildman–Crippen MR) is 405 cm³/mol. The van der Waals surface area contributed by atoms with Gasteiger partial charge in [0, 0.05) is 25.7 Å². The first-order chi connectivity index (χ1) is 47.9. The number of unbranched alkanes of at least 4 members (excludes halogenated alkanes) is 48. The fourth-order valence-electron chi connectivity index (χ4n) is 12.3. The van der Waals surface area contributed by atoms with Crippen molar-refractivity contribution in [1.82, 2.24) is 0 Å². The van der Waals surface area contributed by atoms with E-state index in [1.54, 1.807) is 0 Å². The molecule has 19 heteroatoms. The van der Waals surface area contributed by atoms with Crippen molar-refractivity contribution in [3.8, 4) is 0 Å². The Bertz CT molecular complexity index is 1910. The molecule has 6 atom stereocenters. The lowest BCUT2D eigenvalue weighted by molar-refractivity contribution is -0.161. The van der Waals surface area contributed by atoms with Gasteiger partial charge in [-0.15, -0.1) is 0 Å². The van der Waals surface area contributed by atoms with Gasteiger partial charge in [0.05, 0.1) is 26.4 Å². The molecule has 0 spiro atoms. The van der Waals surface area contributed by atoms with Gasteiger partial charge in [-0.1, -0.05) is 369 Å². The first-order valence-corrected chi connectivity index (χ1v) is 44.5. The van der Waals surface area contributed by atoms with Crippen LogP contribution in [0.3, 0.4) is 0 Å². The first-order valence-electron chi connectivity index (χ1n) is 41.5. The summed E-state index contributed by atoms with van der Waals surface area (Å²) in [5.41, 5.74) is 0. The Balaban J connectivity index is 5.13. The van der Waals surface area contributed by atoms with Crippen LogP contribution in [0.1, 0.15) is 420 Å². The molecule has 0 bridgehead atoms. The molecule has 3 N–H and O–H groups in total. The van der Waals surface area contributed by atoms with Gasteiger partial charge in [0.1, 0.15) is 19.3 Å².